The minimum Gasteiger partial charge on any atom is -0.343 e. The highest BCUT2D eigenvalue weighted by molar-refractivity contribution is 5.76. The summed E-state index contributed by atoms with van der Waals surface area (Å²) in [5, 5.41) is 16.6. The average Bonchev–Trinajstić information content (AvgIpc) is 3.46. The average molecular weight is 474 g/mol. The van der Waals surface area contributed by atoms with E-state index in [1.807, 2.05) is 37.5 Å². The van der Waals surface area contributed by atoms with Gasteiger partial charge in [0.05, 0.1) is 23.1 Å². The summed E-state index contributed by atoms with van der Waals surface area (Å²) >= 11 is 0. The number of nitriles is 1. The first-order valence-electron chi connectivity index (χ1n) is 12.7. The summed E-state index contributed by atoms with van der Waals surface area (Å²) in [6, 6.07) is 15.3. The first-order chi connectivity index (χ1) is 17.2. The number of ether oxygens (including phenoxy) is 1. The summed E-state index contributed by atoms with van der Waals surface area (Å²) in [7, 11) is 0. The molecule has 0 bridgehead atoms. The van der Waals surface area contributed by atoms with Crippen LogP contribution in [0, 0.1) is 11.3 Å². The Labute approximate surface area is 207 Å². The molecular formula is C27H35N7O. The molecule has 5 unspecified atom stereocenters. The van der Waals surface area contributed by atoms with Crippen molar-refractivity contribution in [1.29, 1.82) is 5.26 Å². The molecular weight excluding hydrogens is 438 g/mol. The van der Waals surface area contributed by atoms with E-state index in [1.54, 1.807) is 0 Å². The summed E-state index contributed by atoms with van der Waals surface area (Å²) < 4.78 is 8.07. The van der Waals surface area contributed by atoms with Crippen molar-refractivity contribution in [2.75, 3.05) is 32.8 Å². The smallest absolute Gasteiger partial charge is 0.136 e. The molecule has 2 aliphatic rings. The summed E-state index contributed by atoms with van der Waals surface area (Å²) in [6.07, 6.45) is 5.79. The van der Waals surface area contributed by atoms with Crippen molar-refractivity contribution >= 4 is 11.0 Å². The van der Waals surface area contributed by atoms with Crippen LogP contribution >= 0.6 is 0 Å². The van der Waals surface area contributed by atoms with Crippen molar-refractivity contribution in [3.63, 3.8) is 0 Å². The molecule has 2 N–H and O–H groups in total. The van der Waals surface area contributed by atoms with Crippen molar-refractivity contribution in [2.24, 2.45) is 0 Å². The van der Waals surface area contributed by atoms with Crippen LogP contribution in [0.25, 0.3) is 11.0 Å². The van der Waals surface area contributed by atoms with E-state index in [-0.39, 0.29) is 18.9 Å². The highest BCUT2D eigenvalue weighted by Gasteiger charge is 2.39. The lowest BCUT2D eigenvalue weighted by atomic mass is 9.88. The fourth-order valence-electron chi connectivity index (χ4n) is 5.95. The summed E-state index contributed by atoms with van der Waals surface area (Å²) in [4.78, 5) is 12.1. The number of nitrogens with zero attached hydrogens (tertiary/aromatic N) is 5. The minimum atomic E-state index is -0.287. The molecule has 0 amide bonds. The molecule has 0 spiro atoms. The Kier molecular flexibility index (Phi) is 7.40. The quantitative estimate of drug-likeness (QED) is 0.544. The maximum absolute atomic E-state index is 9.11. The number of hydrogen-bond acceptors (Lipinski definition) is 7. The fraction of sp³-hybridized carbons (Fsp3) is 0.519. The van der Waals surface area contributed by atoms with Crippen molar-refractivity contribution in [3.8, 4) is 6.07 Å². The van der Waals surface area contributed by atoms with Gasteiger partial charge in [0, 0.05) is 43.5 Å². The van der Waals surface area contributed by atoms with Crippen LogP contribution in [0.1, 0.15) is 56.3 Å². The molecule has 0 radical (unpaired) electrons. The molecule has 3 aromatic rings. The molecule has 8 nitrogen and oxygen atoms in total. The van der Waals surface area contributed by atoms with Gasteiger partial charge in [-0.3, -0.25) is 14.5 Å². The molecule has 0 aliphatic carbocycles. The third-order valence-corrected chi connectivity index (χ3v) is 7.61. The van der Waals surface area contributed by atoms with Crippen LogP contribution in [0.2, 0.25) is 0 Å². The Morgan fingerprint density at radius 3 is 2.91 bits per heavy atom. The van der Waals surface area contributed by atoms with E-state index in [4.69, 9.17) is 15.0 Å². The first-order valence-corrected chi connectivity index (χ1v) is 12.7. The van der Waals surface area contributed by atoms with Crippen molar-refractivity contribution in [1.82, 2.24) is 30.1 Å². The molecule has 2 fully saturated rings. The van der Waals surface area contributed by atoms with Crippen LogP contribution in [0.5, 0.6) is 0 Å². The first kappa shape index (κ1) is 23.9. The lowest BCUT2D eigenvalue weighted by Gasteiger charge is -2.40. The van der Waals surface area contributed by atoms with Crippen LogP contribution in [0.3, 0.4) is 0 Å². The van der Waals surface area contributed by atoms with Gasteiger partial charge in [-0.2, -0.15) is 5.26 Å². The SMILES string of the molecule is CC(C1NCCC1c1cccnc1)N1CCCNCC1c1nc2ccccc2n1C(C)OCC#N. The highest BCUT2D eigenvalue weighted by Crippen LogP contribution is 2.35. The number of aromatic nitrogens is 3. The molecule has 2 saturated heterocycles. The van der Waals surface area contributed by atoms with Gasteiger partial charge in [-0.05, 0) is 63.5 Å². The third kappa shape index (κ3) is 4.82. The third-order valence-electron chi connectivity index (χ3n) is 7.61. The van der Waals surface area contributed by atoms with Crippen molar-refractivity contribution in [2.45, 2.75) is 57.0 Å². The molecule has 35 heavy (non-hydrogen) atoms. The number of para-hydroxylation sites is 2. The van der Waals surface area contributed by atoms with E-state index in [0.29, 0.717) is 18.0 Å². The minimum absolute atomic E-state index is 0.0505. The number of fused-ring (bicyclic) bond motifs is 1. The number of hydrogen-bond donors (Lipinski definition) is 2. The number of pyridine rings is 1. The largest absolute Gasteiger partial charge is 0.343 e. The predicted octanol–water partition coefficient (Wildman–Crippen LogP) is 3.36. The molecule has 8 heteroatoms. The van der Waals surface area contributed by atoms with Crippen molar-refractivity contribution in [3.05, 3.63) is 60.2 Å². The second-order valence-corrected chi connectivity index (χ2v) is 9.61. The highest BCUT2D eigenvalue weighted by atomic mass is 16.5. The van der Waals surface area contributed by atoms with Gasteiger partial charge in [-0.25, -0.2) is 4.98 Å². The molecule has 5 atom stereocenters. The van der Waals surface area contributed by atoms with E-state index in [1.165, 1.54) is 5.56 Å². The van der Waals surface area contributed by atoms with Crippen LogP contribution in [0.4, 0.5) is 0 Å². The second-order valence-electron chi connectivity index (χ2n) is 9.61. The normalized spacial score (nSPS) is 25.2. The lowest BCUT2D eigenvalue weighted by molar-refractivity contribution is 0.0317. The van der Waals surface area contributed by atoms with Gasteiger partial charge in [0.25, 0.3) is 0 Å². The van der Waals surface area contributed by atoms with Gasteiger partial charge in [0.1, 0.15) is 18.7 Å². The van der Waals surface area contributed by atoms with Crippen LogP contribution in [-0.4, -0.2) is 64.3 Å². The van der Waals surface area contributed by atoms with E-state index in [9.17, 15) is 0 Å². The molecule has 2 aromatic heterocycles. The summed E-state index contributed by atoms with van der Waals surface area (Å²) in [5.74, 6) is 1.43. The van der Waals surface area contributed by atoms with Gasteiger partial charge in [0.2, 0.25) is 0 Å². The number of rotatable bonds is 7. The van der Waals surface area contributed by atoms with Gasteiger partial charge in [-0.15, -0.1) is 0 Å². The van der Waals surface area contributed by atoms with E-state index < -0.39 is 0 Å². The predicted molar refractivity (Wildman–Crippen MR) is 136 cm³/mol. The number of imidazole rings is 1. The molecule has 0 saturated carbocycles. The van der Waals surface area contributed by atoms with Gasteiger partial charge < -0.3 is 15.4 Å². The van der Waals surface area contributed by atoms with Crippen molar-refractivity contribution < 1.29 is 4.74 Å². The second kappa shape index (κ2) is 10.8. The zero-order chi connectivity index (χ0) is 24.2. The molecule has 4 heterocycles. The van der Waals surface area contributed by atoms with E-state index in [2.05, 4.69) is 56.3 Å². The van der Waals surface area contributed by atoms with Gasteiger partial charge in [-0.1, -0.05) is 18.2 Å². The number of nitrogens with one attached hydrogen (secondary N) is 2. The Hall–Kier alpha value is -2.83. The molecule has 184 valence electrons. The van der Waals surface area contributed by atoms with E-state index >= 15 is 0 Å². The topological polar surface area (TPSA) is 91.0 Å². The maximum Gasteiger partial charge on any atom is 0.136 e. The monoisotopic (exact) mass is 473 g/mol. The molecule has 2 aliphatic heterocycles. The van der Waals surface area contributed by atoms with Crippen LogP contribution in [-0.2, 0) is 4.74 Å². The fourth-order valence-corrected chi connectivity index (χ4v) is 5.95. The Morgan fingerprint density at radius 1 is 1.20 bits per heavy atom. The standard InChI is InChI=1S/C27H35N7O/c1-19(26-22(10-14-31-26)21-7-5-12-29-17-21)33-15-6-13-30-18-25(33)27-32-23-8-3-4-9-24(23)34(27)20(2)35-16-11-28/h3-5,7-9,12,17,19-20,22,25-26,30-31H,6,10,13-16,18H2,1-2H3. The van der Waals surface area contributed by atoms with Gasteiger partial charge in [0.15, 0.2) is 0 Å². The Bertz CT molecular complexity index is 1160. The van der Waals surface area contributed by atoms with Crippen LogP contribution < -0.4 is 10.6 Å². The van der Waals surface area contributed by atoms with E-state index in [0.717, 1.165) is 55.9 Å². The molecule has 1 aromatic carbocycles. The molecule has 5 rings (SSSR count). The lowest BCUT2D eigenvalue weighted by Crippen LogP contribution is -2.50. The summed E-state index contributed by atoms with van der Waals surface area (Å²) in [6.45, 7) is 8.23. The number of benzene rings is 1. The summed E-state index contributed by atoms with van der Waals surface area (Å²) in [5.41, 5.74) is 3.31. The Balaban J connectivity index is 1.51. The zero-order valence-electron chi connectivity index (χ0n) is 20.6. The zero-order valence-corrected chi connectivity index (χ0v) is 20.6. The maximum atomic E-state index is 9.11. The van der Waals surface area contributed by atoms with Crippen LogP contribution in [0.15, 0.2) is 48.8 Å². The Morgan fingerprint density at radius 2 is 2.09 bits per heavy atom. The van der Waals surface area contributed by atoms with Gasteiger partial charge >= 0.3 is 0 Å².